The summed E-state index contributed by atoms with van der Waals surface area (Å²) in [6, 6.07) is 0. The third-order valence-corrected chi connectivity index (χ3v) is 2.98. The molecule has 22 heavy (non-hydrogen) atoms. The van der Waals surface area contributed by atoms with Crippen LogP contribution in [0.3, 0.4) is 0 Å². The second-order valence-electron chi connectivity index (χ2n) is 4.74. The summed E-state index contributed by atoms with van der Waals surface area (Å²) in [6.45, 7) is 1.19. The van der Waals surface area contributed by atoms with Gasteiger partial charge in [0, 0.05) is 19.2 Å². The van der Waals surface area contributed by atoms with Gasteiger partial charge in [0.15, 0.2) is 0 Å². The van der Waals surface area contributed by atoms with Crippen molar-refractivity contribution in [3.63, 3.8) is 0 Å². The first-order valence-electron chi connectivity index (χ1n) is 5.83. The van der Waals surface area contributed by atoms with E-state index in [9.17, 15) is 33.2 Å². The summed E-state index contributed by atoms with van der Waals surface area (Å²) in [5.41, 5.74) is -5.32. The van der Waals surface area contributed by atoms with Gasteiger partial charge in [0.2, 0.25) is 5.69 Å². The minimum absolute atomic E-state index is 0.147. The molecule has 1 amide bonds. The molecule has 1 aromatic heterocycles. The van der Waals surface area contributed by atoms with Crippen LogP contribution in [-0.4, -0.2) is 48.3 Å². The monoisotopic (exact) mass is 321 g/mol. The van der Waals surface area contributed by atoms with Crippen molar-refractivity contribution in [2.75, 3.05) is 0 Å². The quantitative estimate of drug-likeness (QED) is 0.639. The van der Waals surface area contributed by atoms with E-state index in [0.29, 0.717) is 0 Å². The smallest absolute Gasteiger partial charge is 0.362 e. The zero-order valence-corrected chi connectivity index (χ0v) is 11.3. The highest BCUT2D eigenvalue weighted by Gasteiger charge is 2.63. The van der Waals surface area contributed by atoms with Crippen molar-refractivity contribution in [1.82, 2.24) is 14.8 Å². The SMILES string of the molecule is CC1=NN(C(=O)c2nn(C)cc2[N+](=O)[O-])[C@](O)(C(F)(F)F)C1. The van der Waals surface area contributed by atoms with Crippen LogP contribution >= 0.6 is 0 Å². The van der Waals surface area contributed by atoms with E-state index >= 15 is 0 Å². The summed E-state index contributed by atoms with van der Waals surface area (Å²) in [5, 5.41) is 27.3. The Bertz CT molecular complexity index is 683. The maximum atomic E-state index is 13.0. The fraction of sp³-hybridized carbons (Fsp3) is 0.500. The molecule has 0 unspecified atom stereocenters. The first kappa shape index (κ1) is 15.9. The summed E-state index contributed by atoms with van der Waals surface area (Å²) < 4.78 is 40.0. The summed E-state index contributed by atoms with van der Waals surface area (Å²) in [5.74, 6) is -1.51. The van der Waals surface area contributed by atoms with Gasteiger partial charge in [-0.05, 0) is 6.92 Å². The molecule has 0 radical (unpaired) electrons. The van der Waals surface area contributed by atoms with Gasteiger partial charge in [-0.2, -0.15) is 28.4 Å². The van der Waals surface area contributed by atoms with E-state index in [4.69, 9.17) is 0 Å². The number of hydrogen-bond acceptors (Lipinski definition) is 6. The van der Waals surface area contributed by atoms with Crippen LogP contribution in [0.15, 0.2) is 11.3 Å². The molecule has 120 valence electrons. The minimum Gasteiger partial charge on any atom is -0.362 e. The molecule has 0 aromatic carbocycles. The maximum Gasteiger partial charge on any atom is 0.438 e. The second-order valence-corrected chi connectivity index (χ2v) is 4.74. The highest BCUT2D eigenvalue weighted by Crippen LogP contribution is 2.41. The number of carbonyl (C=O) groups is 1. The van der Waals surface area contributed by atoms with Gasteiger partial charge in [0.05, 0.1) is 4.92 Å². The largest absolute Gasteiger partial charge is 0.438 e. The Balaban J connectivity index is 2.50. The van der Waals surface area contributed by atoms with Crippen molar-refractivity contribution in [2.45, 2.75) is 25.2 Å². The molecule has 0 aliphatic carbocycles. The number of amides is 1. The highest BCUT2D eigenvalue weighted by molar-refractivity contribution is 5.99. The molecular formula is C10H10F3N5O4. The Hall–Kier alpha value is -2.50. The minimum atomic E-state index is -5.19. The van der Waals surface area contributed by atoms with Crippen LogP contribution in [0.25, 0.3) is 0 Å². The summed E-state index contributed by atoms with van der Waals surface area (Å²) in [6.07, 6.45) is -5.26. The van der Waals surface area contributed by atoms with E-state index in [1.54, 1.807) is 0 Å². The number of rotatable bonds is 2. The molecule has 0 spiro atoms. The lowest BCUT2D eigenvalue weighted by atomic mass is 10.1. The van der Waals surface area contributed by atoms with E-state index in [1.807, 2.05) is 0 Å². The van der Waals surface area contributed by atoms with Gasteiger partial charge in [-0.1, -0.05) is 0 Å². The molecule has 1 aliphatic heterocycles. The average Bonchev–Trinajstić information content (AvgIpc) is 2.89. The molecule has 1 atom stereocenters. The second kappa shape index (κ2) is 4.76. The molecule has 1 N–H and O–H groups in total. The van der Waals surface area contributed by atoms with E-state index in [2.05, 4.69) is 10.2 Å². The zero-order valence-electron chi connectivity index (χ0n) is 11.3. The standard InChI is InChI=1S/C10H10F3N5O4/c1-5-3-9(20,10(11,12)13)17(14-5)8(19)7-6(18(21)22)4-16(2)15-7/h4,20H,3H2,1-2H3/t9-/m1/s1. The lowest BCUT2D eigenvalue weighted by molar-refractivity contribution is -0.385. The molecule has 9 nitrogen and oxygen atoms in total. The van der Waals surface area contributed by atoms with Gasteiger partial charge in [0.1, 0.15) is 6.20 Å². The van der Waals surface area contributed by atoms with E-state index in [0.717, 1.165) is 10.9 Å². The van der Waals surface area contributed by atoms with Crippen molar-refractivity contribution >= 4 is 17.3 Å². The number of alkyl halides is 3. The topological polar surface area (TPSA) is 114 Å². The van der Waals surface area contributed by atoms with Gasteiger partial charge < -0.3 is 5.11 Å². The van der Waals surface area contributed by atoms with Crippen LogP contribution in [0.2, 0.25) is 0 Å². The third kappa shape index (κ3) is 2.30. The Morgan fingerprint density at radius 1 is 1.55 bits per heavy atom. The predicted octanol–water partition coefficient (Wildman–Crippen LogP) is 0.801. The van der Waals surface area contributed by atoms with Crippen molar-refractivity contribution in [3.05, 3.63) is 22.0 Å². The molecule has 2 rings (SSSR count). The number of aromatic nitrogens is 2. The van der Waals surface area contributed by atoms with Gasteiger partial charge in [0.25, 0.3) is 5.72 Å². The van der Waals surface area contributed by atoms with Gasteiger partial charge in [-0.15, -0.1) is 0 Å². The molecule has 1 aromatic rings. The van der Waals surface area contributed by atoms with E-state index in [-0.39, 0.29) is 10.7 Å². The van der Waals surface area contributed by atoms with Gasteiger partial charge in [-0.3, -0.25) is 19.6 Å². The van der Waals surface area contributed by atoms with Crippen LogP contribution in [-0.2, 0) is 7.05 Å². The number of aryl methyl sites for hydroxylation is 1. The molecule has 0 fully saturated rings. The third-order valence-electron chi connectivity index (χ3n) is 2.98. The Morgan fingerprint density at radius 2 is 2.14 bits per heavy atom. The van der Waals surface area contributed by atoms with Crippen molar-refractivity contribution < 1.29 is 28.0 Å². The number of nitrogens with zero attached hydrogens (tertiary/aromatic N) is 5. The highest BCUT2D eigenvalue weighted by atomic mass is 19.4. The number of hydrogen-bond donors (Lipinski definition) is 1. The van der Waals surface area contributed by atoms with Crippen LogP contribution in [0.5, 0.6) is 0 Å². The number of aliphatic hydroxyl groups is 1. The van der Waals surface area contributed by atoms with Crippen LogP contribution in [0.1, 0.15) is 23.8 Å². The van der Waals surface area contributed by atoms with E-state index < -0.39 is 40.5 Å². The van der Waals surface area contributed by atoms with Crippen molar-refractivity contribution in [1.29, 1.82) is 0 Å². The number of hydrazone groups is 1. The molecule has 2 heterocycles. The number of nitro groups is 1. The van der Waals surface area contributed by atoms with E-state index in [1.165, 1.54) is 14.0 Å². The Labute approximate surface area is 120 Å². The first-order valence-corrected chi connectivity index (χ1v) is 5.83. The molecule has 1 aliphatic rings. The summed E-state index contributed by atoms with van der Waals surface area (Å²) in [4.78, 5) is 22.1. The van der Waals surface area contributed by atoms with Gasteiger partial charge in [-0.25, -0.2) is 0 Å². The van der Waals surface area contributed by atoms with Crippen molar-refractivity contribution in [2.24, 2.45) is 12.1 Å². The van der Waals surface area contributed by atoms with Crippen LogP contribution in [0, 0.1) is 10.1 Å². The predicted molar refractivity (Wildman–Crippen MR) is 64.8 cm³/mol. The number of carbonyl (C=O) groups excluding carboxylic acids is 1. The molecule has 0 saturated carbocycles. The fourth-order valence-corrected chi connectivity index (χ4v) is 2.02. The van der Waals surface area contributed by atoms with Gasteiger partial charge >= 0.3 is 17.8 Å². The Kier molecular flexibility index (Phi) is 3.44. The van der Waals surface area contributed by atoms with Crippen molar-refractivity contribution in [3.8, 4) is 0 Å². The fourth-order valence-electron chi connectivity index (χ4n) is 2.02. The first-order chi connectivity index (χ1) is 9.97. The average molecular weight is 321 g/mol. The zero-order chi connectivity index (χ0) is 16.9. The number of halogens is 3. The molecule has 12 heteroatoms. The lowest BCUT2D eigenvalue weighted by Crippen LogP contribution is -2.56. The lowest BCUT2D eigenvalue weighted by Gasteiger charge is -2.32. The molecular weight excluding hydrogens is 311 g/mol. The molecule has 0 bridgehead atoms. The normalized spacial score (nSPS) is 21.9. The van der Waals surface area contributed by atoms with Crippen LogP contribution in [0.4, 0.5) is 18.9 Å². The summed E-state index contributed by atoms with van der Waals surface area (Å²) in [7, 11) is 1.26. The molecule has 0 saturated heterocycles. The maximum absolute atomic E-state index is 13.0. The Morgan fingerprint density at radius 3 is 2.64 bits per heavy atom. The summed E-state index contributed by atoms with van der Waals surface area (Å²) >= 11 is 0. The van der Waals surface area contributed by atoms with Crippen LogP contribution < -0.4 is 0 Å².